The van der Waals surface area contributed by atoms with Gasteiger partial charge in [-0.15, -0.1) is 0 Å². The second-order valence-corrected chi connectivity index (χ2v) is 6.38. The summed E-state index contributed by atoms with van der Waals surface area (Å²) in [5.74, 6) is 0.262. The van der Waals surface area contributed by atoms with Gasteiger partial charge in [-0.25, -0.2) is 12.8 Å². The Labute approximate surface area is 132 Å². The highest BCUT2D eigenvalue weighted by molar-refractivity contribution is 7.92. The number of fused-ring (bicyclic) bond motifs is 1. The first-order valence-electron chi connectivity index (χ1n) is 6.84. The first-order chi connectivity index (χ1) is 11.0. The zero-order chi connectivity index (χ0) is 16.4. The Morgan fingerprint density at radius 1 is 1.17 bits per heavy atom. The van der Waals surface area contributed by atoms with E-state index in [9.17, 15) is 12.8 Å². The molecular weight excluding hydrogens is 325 g/mol. The van der Waals surface area contributed by atoms with Crippen LogP contribution in [-0.2, 0) is 10.0 Å². The molecule has 2 aromatic carbocycles. The van der Waals surface area contributed by atoms with Gasteiger partial charge in [0.05, 0.1) is 17.2 Å². The molecule has 2 aromatic rings. The average Bonchev–Trinajstić information content (AvgIpc) is 2.97. The van der Waals surface area contributed by atoms with Crippen molar-refractivity contribution in [3.8, 4) is 17.2 Å². The van der Waals surface area contributed by atoms with Gasteiger partial charge in [-0.05, 0) is 31.2 Å². The quantitative estimate of drug-likeness (QED) is 0.907. The standard InChI is InChI=1S/C15H14FNO5S/c1-2-20-13-5-3-10(7-12(13)16)17-23(18,19)11-4-6-14-15(8-11)22-9-21-14/h3-8,17H,2,9H2,1H3. The molecule has 0 amide bonds. The van der Waals surface area contributed by atoms with Crippen molar-refractivity contribution in [2.24, 2.45) is 0 Å². The van der Waals surface area contributed by atoms with E-state index in [-0.39, 0.29) is 23.1 Å². The van der Waals surface area contributed by atoms with Crippen LogP contribution in [-0.4, -0.2) is 21.8 Å². The van der Waals surface area contributed by atoms with Gasteiger partial charge in [0.2, 0.25) is 6.79 Å². The van der Waals surface area contributed by atoms with Gasteiger partial charge in [0.25, 0.3) is 10.0 Å². The minimum absolute atomic E-state index is 0.00366. The molecule has 8 heteroatoms. The molecular formula is C15H14FNO5S. The molecule has 0 radical (unpaired) electrons. The third-order valence-electron chi connectivity index (χ3n) is 3.14. The number of nitrogens with one attached hydrogen (secondary N) is 1. The molecule has 1 aliphatic rings. The van der Waals surface area contributed by atoms with Crippen molar-refractivity contribution in [3.63, 3.8) is 0 Å². The number of rotatable bonds is 5. The third kappa shape index (κ3) is 3.16. The Bertz CT molecular complexity index is 838. The average molecular weight is 339 g/mol. The molecule has 1 heterocycles. The van der Waals surface area contributed by atoms with Gasteiger partial charge in [0, 0.05) is 12.1 Å². The van der Waals surface area contributed by atoms with Crippen molar-refractivity contribution >= 4 is 15.7 Å². The van der Waals surface area contributed by atoms with Gasteiger partial charge in [-0.3, -0.25) is 4.72 Å². The number of hydrogen-bond acceptors (Lipinski definition) is 5. The van der Waals surface area contributed by atoms with Crippen molar-refractivity contribution in [1.82, 2.24) is 0 Å². The third-order valence-corrected chi connectivity index (χ3v) is 4.52. The molecule has 1 aliphatic heterocycles. The van der Waals surface area contributed by atoms with E-state index in [1.807, 2.05) is 0 Å². The molecule has 0 saturated carbocycles. The number of sulfonamides is 1. The van der Waals surface area contributed by atoms with E-state index in [1.54, 1.807) is 6.92 Å². The van der Waals surface area contributed by atoms with Crippen LogP contribution >= 0.6 is 0 Å². The zero-order valence-corrected chi connectivity index (χ0v) is 13.0. The lowest BCUT2D eigenvalue weighted by Gasteiger charge is -2.10. The largest absolute Gasteiger partial charge is 0.491 e. The molecule has 0 bridgehead atoms. The zero-order valence-electron chi connectivity index (χ0n) is 12.2. The molecule has 0 unspecified atom stereocenters. The summed E-state index contributed by atoms with van der Waals surface area (Å²) in [6.45, 7) is 2.10. The number of hydrogen-bond donors (Lipinski definition) is 1. The van der Waals surface area contributed by atoms with E-state index in [2.05, 4.69) is 4.72 Å². The Hall–Kier alpha value is -2.48. The molecule has 0 saturated heterocycles. The SMILES string of the molecule is CCOc1ccc(NS(=O)(=O)c2ccc3c(c2)OCO3)cc1F. The van der Waals surface area contributed by atoms with Gasteiger partial charge >= 0.3 is 0 Å². The summed E-state index contributed by atoms with van der Waals surface area (Å²) in [5.41, 5.74) is 0.101. The van der Waals surface area contributed by atoms with E-state index in [1.165, 1.54) is 30.3 Å². The van der Waals surface area contributed by atoms with E-state index < -0.39 is 15.8 Å². The summed E-state index contributed by atoms with van der Waals surface area (Å²) in [6, 6.07) is 8.12. The van der Waals surface area contributed by atoms with Crippen LogP contribution in [0.2, 0.25) is 0 Å². The Balaban J connectivity index is 1.85. The highest BCUT2D eigenvalue weighted by atomic mass is 32.2. The summed E-state index contributed by atoms with van der Waals surface area (Å²) in [5, 5.41) is 0. The van der Waals surface area contributed by atoms with Crippen LogP contribution in [0.5, 0.6) is 17.2 Å². The fourth-order valence-corrected chi connectivity index (χ4v) is 3.16. The highest BCUT2D eigenvalue weighted by Gasteiger charge is 2.20. The summed E-state index contributed by atoms with van der Waals surface area (Å²) >= 11 is 0. The highest BCUT2D eigenvalue weighted by Crippen LogP contribution is 2.34. The van der Waals surface area contributed by atoms with Crippen molar-refractivity contribution in [2.45, 2.75) is 11.8 Å². The molecule has 6 nitrogen and oxygen atoms in total. The predicted octanol–water partition coefficient (Wildman–Crippen LogP) is 2.75. The molecule has 0 atom stereocenters. The maximum absolute atomic E-state index is 13.8. The first kappa shape index (κ1) is 15.4. The maximum atomic E-state index is 13.8. The molecule has 0 fully saturated rings. The molecule has 0 spiro atoms. The lowest BCUT2D eigenvalue weighted by Crippen LogP contribution is -2.13. The molecule has 0 aliphatic carbocycles. The Morgan fingerprint density at radius 2 is 1.96 bits per heavy atom. The van der Waals surface area contributed by atoms with Crippen molar-refractivity contribution < 1.29 is 27.0 Å². The Morgan fingerprint density at radius 3 is 2.70 bits per heavy atom. The van der Waals surface area contributed by atoms with Gasteiger partial charge in [0.15, 0.2) is 23.1 Å². The normalized spacial score (nSPS) is 13.0. The minimum atomic E-state index is -3.87. The maximum Gasteiger partial charge on any atom is 0.262 e. The number of halogens is 1. The van der Waals surface area contributed by atoms with Crippen LogP contribution in [0.15, 0.2) is 41.3 Å². The van der Waals surface area contributed by atoms with Gasteiger partial charge < -0.3 is 14.2 Å². The van der Waals surface area contributed by atoms with E-state index in [0.717, 1.165) is 6.07 Å². The van der Waals surface area contributed by atoms with Crippen LogP contribution in [0.3, 0.4) is 0 Å². The summed E-state index contributed by atoms with van der Waals surface area (Å²) in [6.07, 6.45) is 0. The second-order valence-electron chi connectivity index (χ2n) is 4.70. The van der Waals surface area contributed by atoms with Gasteiger partial charge in [-0.2, -0.15) is 0 Å². The van der Waals surface area contributed by atoms with Crippen molar-refractivity contribution in [2.75, 3.05) is 18.1 Å². The Kier molecular flexibility index (Phi) is 3.99. The van der Waals surface area contributed by atoms with Gasteiger partial charge in [-0.1, -0.05) is 0 Å². The van der Waals surface area contributed by atoms with Crippen molar-refractivity contribution in [1.29, 1.82) is 0 Å². The van der Waals surface area contributed by atoms with Gasteiger partial charge in [0.1, 0.15) is 0 Å². The number of anilines is 1. The molecule has 122 valence electrons. The second kappa shape index (κ2) is 5.96. The summed E-state index contributed by atoms with van der Waals surface area (Å²) in [4.78, 5) is -0.00366. The van der Waals surface area contributed by atoms with Crippen LogP contribution in [0.1, 0.15) is 6.92 Å². The topological polar surface area (TPSA) is 73.9 Å². The number of ether oxygens (including phenoxy) is 3. The molecule has 3 rings (SSSR count). The van der Waals surface area contributed by atoms with E-state index >= 15 is 0 Å². The lowest BCUT2D eigenvalue weighted by molar-refractivity contribution is 0.174. The summed E-state index contributed by atoms with van der Waals surface area (Å²) < 4.78 is 56.2. The van der Waals surface area contributed by atoms with Crippen LogP contribution in [0.25, 0.3) is 0 Å². The summed E-state index contributed by atoms with van der Waals surface area (Å²) in [7, 11) is -3.87. The van der Waals surface area contributed by atoms with Crippen molar-refractivity contribution in [3.05, 3.63) is 42.2 Å². The number of benzene rings is 2. The molecule has 23 heavy (non-hydrogen) atoms. The van der Waals surface area contributed by atoms with E-state index in [0.29, 0.717) is 18.1 Å². The monoisotopic (exact) mass is 339 g/mol. The smallest absolute Gasteiger partial charge is 0.262 e. The lowest BCUT2D eigenvalue weighted by atomic mass is 10.3. The molecule has 0 aromatic heterocycles. The molecule has 1 N–H and O–H groups in total. The van der Waals surface area contributed by atoms with Crippen LogP contribution < -0.4 is 18.9 Å². The van der Waals surface area contributed by atoms with Crippen LogP contribution in [0, 0.1) is 5.82 Å². The van der Waals surface area contributed by atoms with Crippen LogP contribution in [0.4, 0.5) is 10.1 Å². The fraction of sp³-hybridized carbons (Fsp3) is 0.200. The fourth-order valence-electron chi connectivity index (χ4n) is 2.09. The predicted molar refractivity (Wildman–Crippen MR) is 80.9 cm³/mol. The first-order valence-corrected chi connectivity index (χ1v) is 8.33. The van der Waals surface area contributed by atoms with E-state index in [4.69, 9.17) is 14.2 Å². The minimum Gasteiger partial charge on any atom is -0.491 e.